The molecule has 0 unspecified atom stereocenters. The molecule has 0 aliphatic heterocycles. The van der Waals surface area contributed by atoms with Crippen LogP contribution in [0.4, 0.5) is 0 Å². The second-order valence-electron chi connectivity index (χ2n) is 3.96. The lowest BCUT2D eigenvalue weighted by Gasteiger charge is -2.07. The molecule has 15 heavy (non-hydrogen) atoms. The highest BCUT2D eigenvalue weighted by Gasteiger charge is 1.97. The molecule has 0 amide bonds. The molecule has 1 aromatic heterocycles. The smallest absolute Gasteiger partial charge is 0.117 e. The van der Waals surface area contributed by atoms with Gasteiger partial charge in [-0.15, -0.1) is 0 Å². The maximum Gasteiger partial charge on any atom is 0.117 e. The highest BCUT2D eigenvalue weighted by atomic mass is 16.5. The first kappa shape index (κ1) is 12.3. The molecule has 1 N–H and O–H groups in total. The molecule has 1 aromatic rings. The van der Waals surface area contributed by atoms with Crippen molar-refractivity contribution in [3.8, 4) is 0 Å². The minimum absolute atomic E-state index is 0.331. The lowest BCUT2D eigenvalue weighted by Crippen LogP contribution is -2.17. The molecule has 0 aliphatic carbocycles. The van der Waals surface area contributed by atoms with Crippen LogP contribution in [0.15, 0.2) is 16.5 Å². The normalized spacial score (nSPS) is 11.2. The molecular weight excluding hydrogens is 190 g/mol. The van der Waals surface area contributed by atoms with Crippen LogP contribution in [0.5, 0.6) is 0 Å². The summed E-state index contributed by atoms with van der Waals surface area (Å²) in [5.74, 6) is 1.97. The van der Waals surface area contributed by atoms with E-state index in [4.69, 9.17) is 9.15 Å². The van der Waals surface area contributed by atoms with Gasteiger partial charge in [0.1, 0.15) is 11.5 Å². The molecule has 0 bridgehead atoms. The Balaban J connectivity index is 1.98. The van der Waals surface area contributed by atoms with E-state index >= 15 is 0 Å². The van der Waals surface area contributed by atoms with Gasteiger partial charge in [-0.3, -0.25) is 0 Å². The topological polar surface area (TPSA) is 34.4 Å². The SMILES string of the molecule is Cc1ccc(CNCCCOC(C)C)o1. The molecule has 3 heteroatoms. The Hall–Kier alpha value is -0.800. The minimum Gasteiger partial charge on any atom is -0.465 e. The highest BCUT2D eigenvalue weighted by molar-refractivity contribution is 5.04. The summed E-state index contributed by atoms with van der Waals surface area (Å²) in [5, 5.41) is 3.31. The third-order valence-corrected chi connectivity index (χ3v) is 2.04. The standard InChI is InChI=1S/C12H21NO2/c1-10(2)14-8-4-7-13-9-12-6-5-11(3)15-12/h5-6,10,13H,4,7-9H2,1-3H3. The molecule has 3 nitrogen and oxygen atoms in total. The van der Waals surface area contributed by atoms with Crippen LogP contribution in [-0.2, 0) is 11.3 Å². The van der Waals surface area contributed by atoms with Crippen molar-refractivity contribution >= 4 is 0 Å². The summed E-state index contributed by atoms with van der Waals surface area (Å²) in [4.78, 5) is 0. The molecule has 0 aliphatic rings. The molecule has 86 valence electrons. The molecule has 1 rings (SSSR count). The second-order valence-corrected chi connectivity index (χ2v) is 3.96. The van der Waals surface area contributed by atoms with Crippen molar-refractivity contribution in [1.82, 2.24) is 5.32 Å². The number of hydrogen-bond donors (Lipinski definition) is 1. The van der Waals surface area contributed by atoms with E-state index in [1.54, 1.807) is 0 Å². The van der Waals surface area contributed by atoms with E-state index in [9.17, 15) is 0 Å². The monoisotopic (exact) mass is 211 g/mol. The third kappa shape index (κ3) is 5.60. The van der Waals surface area contributed by atoms with Crippen molar-refractivity contribution in [3.63, 3.8) is 0 Å². The predicted molar refractivity (Wildman–Crippen MR) is 60.9 cm³/mol. The first-order valence-electron chi connectivity index (χ1n) is 5.56. The van der Waals surface area contributed by atoms with Crippen LogP contribution in [0.3, 0.4) is 0 Å². The Morgan fingerprint density at radius 1 is 1.40 bits per heavy atom. The van der Waals surface area contributed by atoms with Gasteiger partial charge in [0.15, 0.2) is 0 Å². The van der Waals surface area contributed by atoms with E-state index in [0.29, 0.717) is 6.10 Å². The number of nitrogens with one attached hydrogen (secondary N) is 1. The Labute approximate surface area is 91.8 Å². The summed E-state index contributed by atoms with van der Waals surface area (Å²) in [6.45, 7) is 8.65. The van der Waals surface area contributed by atoms with Crippen molar-refractivity contribution in [3.05, 3.63) is 23.7 Å². The Kier molecular flexibility index (Phi) is 5.43. The van der Waals surface area contributed by atoms with E-state index in [0.717, 1.165) is 37.6 Å². The molecule has 0 spiro atoms. The van der Waals surface area contributed by atoms with Crippen molar-refractivity contribution in [2.75, 3.05) is 13.2 Å². The Bertz CT molecular complexity index is 268. The van der Waals surface area contributed by atoms with Gasteiger partial charge in [-0.2, -0.15) is 0 Å². The zero-order valence-corrected chi connectivity index (χ0v) is 9.88. The second kappa shape index (κ2) is 6.64. The molecule has 1 heterocycles. The molecule has 0 saturated carbocycles. The van der Waals surface area contributed by atoms with Crippen LogP contribution in [0, 0.1) is 6.92 Å². The van der Waals surface area contributed by atoms with Crippen LogP contribution < -0.4 is 5.32 Å². The van der Waals surface area contributed by atoms with Gasteiger partial charge >= 0.3 is 0 Å². The highest BCUT2D eigenvalue weighted by Crippen LogP contribution is 2.05. The summed E-state index contributed by atoms with van der Waals surface area (Å²) < 4.78 is 10.9. The maximum absolute atomic E-state index is 5.43. The summed E-state index contributed by atoms with van der Waals surface area (Å²) in [6, 6.07) is 3.99. The fraction of sp³-hybridized carbons (Fsp3) is 0.667. The molecule has 0 saturated heterocycles. The molecular formula is C12H21NO2. The lowest BCUT2D eigenvalue weighted by molar-refractivity contribution is 0.0770. The van der Waals surface area contributed by atoms with Crippen molar-refractivity contribution in [2.45, 2.75) is 39.8 Å². The van der Waals surface area contributed by atoms with Gasteiger partial charge in [0, 0.05) is 6.61 Å². The Morgan fingerprint density at radius 3 is 2.80 bits per heavy atom. The number of ether oxygens (including phenoxy) is 1. The molecule has 0 aromatic carbocycles. The third-order valence-electron chi connectivity index (χ3n) is 2.04. The van der Waals surface area contributed by atoms with E-state index in [-0.39, 0.29) is 0 Å². The summed E-state index contributed by atoms with van der Waals surface area (Å²) in [5.41, 5.74) is 0. The van der Waals surface area contributed by atoms with Crippen molar-refractivity contribution < 1.29 is 9.15 Å². The first-order valence-corrected chi connectivity index (χ1v) is 5.56. The van der Waals surface area contributed by atoms with Gasteiger partial charge in [-0.05, 0) is 45.9 Å². The van der Waals surface area contributed by atoms with Gasteiger partial charge in [0.2, 0.25) is 0 Å². The molecule has 0 atom stereocenters. The van der Waals surface area contributed by atoms with Crippen molar-refractivity contribution in [1.29, 1.82) is 0 Å². The average Bonchev–Trinajstić information content (AvgIpc) is 2.57. The Morgan fingerprint density at radius 2 is 2.20 bits per heavy atom. The van der Waals surface area contributed by atoms with Gasteiger partial charge in [-0.1, -0.05) is 0 Å². The van der Waals surface area contributed by atoms with Crippen LogP contribution in [0.1, 0.15) is 31.8 Å². The predicted octanol–water partition coefficient (Wildman–Crippen LogP) is 2.49. The number of rotatable bonds is 7. The van der Waals surface area contributed by atoms with Crippen LogP contribution >= 0.6 is 0 Å². The summed E-state index contributed by atoms with van der Waals surface area (Å²) in [6.07, 6.45) is 1.37. The zero-order valence-electron chi connectivity index (χ0n) is 9.88. The first-order chi connectivity index (χ1) is 7.18. The van der Waals surface area contributed by atoms with E-state index in [1.807, 2.05) is 19.1 Å². The number of aryl methyl sites for hydroxylation is 1. The van der Waals surface area contributed by atoms with Gasteiger partial charge in [0.25, 0.3) is 0 Å². The summed E-state index contributed by atoms with van der Waals surface area (Å²) >= 11 is 0. The minimum atomic E-state index is 0.331. The van der Waals surface area contributed by atoms with Crippen LogP contribution in [-0.4, -0.2) is 19.3 Å². The largest absolute Gasteiger partial charge is 0.465 e. The zero-order chi connectivity index (χ0) is 11.1. The fourth-order valence-electron chi connectivity index (χ4n) is 1.31. The van der Waals surface area contributed by atoms with Crippen LogP contribution in [0.25, 0.3) is 0 Å². The van der Waals surface area contributed by atoms with E-state index < -0.39 is 0 Å². The summed E-state index contributed by atoms with van der Waals surface area (Å²) in [7, 11) is 0. The van der Waals surface area contributed by atoms with Gasteiger partial charge in [-0.25, -0.2) is 0 Å². The van der Waals surface area contributed by atoms with Gasteiger partial charge in [0.05, 0.1) is 12.6 Å². The quantitative estimate of drug-likeness (QED) is 0.704. The van der Waals surface area contributed by atoms with Gasteiger partial charge < -0.3 is 14.5 Å². The number of furan rings is 1. The lowest BCUT2D eigenvalue weighted by atomic mass is 10.4. The van der Waals surface area contributed by atoms with Crippen LogP contribution in [0.2, 0.25) is 0 Å². The maximum atomic E-state index is 5.43. The van der Waals surface area contributed by atoms with E-state index in [2.05, 4.69) is 19.2 Å². The molecule has 0 fully saturated rings. The average molecular weight is 211 g/mol. The van der Waals surface area contributed by atoms with Crippen molar-refractivity contribution in [2.24, 2.45) is 0 Å². The number of hydrogen-bond acceptors (Lipinski definition) is 3. The van der Waals surface area contributed by atoms with E-state index in [1.165, 1.54) is 0 Å². The molecule has 0 radical (unpaired) electrons. The fourth-order valence-corrected chi connectivity index (χ4v) is 1.31.